The van der Waals surface area contributed by atoms with Gasteiger partial charge in [0.2, 0.25) is 0 Å². The van der Waals surface area contributed by atoms with E-state index >= 15 is 0 Å². The lowest BCUT2D eigenvalue weighted by atomic mass is 10.1. The van der Waals surface area contributed by atoms with Crippen LogP contribution in [0.4, 0.5) is 16.2 Å². The van der Waals surface area contributed by atoms with Crippen molar-refractivity contribution >= 4 is 17.4 Å². The summed E-state index contributed by atoms with van der Waals surface area (Å²) in [5, 5.41) is 2.95. The Bertz CT molecular complexity index is 745. The Kier molecular flexibility index (Phi) is 4.60. The van der Waals surface area contributed by atoms with Crippen molar-refractivity contribution in [3.8, 4) is 11.5 Å². The number of carbonyl (C=O) groups is 1. The van der Waals surface area contributed by atoms with Crippen LogP contribution in [-0.4, -0.2) is 25.3 Å². The largest absolute Gasteiger partial charge is 0.492 e. The molecule has 2 amide bonds. The van der Waals surface area contributed by atoms with Crippen molar-refractivity contribution in [1.82, 2.24) is 0 Å². The Morgan fingerprint density at radius 3 is 2.92 bits per heavy atom. The molecule has 24 heavy (non-hydrogen) atoms. The molecule has 1 atom stereocenters. The fraction of sp³-hybridized carbons (Fsp3) is 0.316. The summed E-state index contributed by atoms with van der Waals surface area (Å²) in [5.74, 6) is 1.40. The molecule has 0 spiro atoms. The van der Waals surface area contributed by atoms with E-state index in [0.717, 1.165) is 17.0 Å². The average molecular weight is 326 g/mol. The van der Waals surface area contributed by atoms with E-state index in [0.29, 0.717) is 24.6 Å². The molecule has 0 radical (unpaired) electrons. The van der Waals surface area contributed by atoms with Crippen LogP contribution in [0.2, 0.25) is 0 Å². The van der Waals surface area contributed by atoms with Crippen LogP contribution >= 0.6 is 0 Å². The van der Waals surface area contributed by atoms with Crippen LogP contribution in [-0.2, 0) is 0 Å². The van der Waals surface area contributed by atoms with Crippen molar-refractivity contribution in [2.75, 3.05) is 23.4 Å². The first-order valence-corrected chi connectivity index (χ1v) is 8.16. The Morgan fingerprint density at radius 1 is 1.33 bits per heavy atom. The molecule has 0 unspecified atom stereocenters. The zero-order valence-corrected chi connectivity index (χ0v) is 14.2. The first-order chi connectivity index (χ1) is 11.6. The maximum absolute atomic E-state index is 12.8. The van der Waals surface area contributed by atoms with Gasteiger partial charge in [-0.3, -0.25) is 4.90 Å². The molecule has 0 fully saturated rings. The number of fused-ring (bicyclic) bond motifs is 1. The van der Waals surface area contributed by atoms with Crippen LogP contribution in [0.15, 0.2) is 42.5 Å². The van der Waals surface area contributed by atoms with Crippen molar-refractivity contribution in [3.63, 3.8) is 0 Å². The zero-order valence-electron chi connectivity index (χ0n) is 14.2. The van der Waals surface area contributed by atoms with Gasteiger partial charge in [0.25, 0.3) is 0 Å². The van der Waals surface area contributed by atoms with Gasteiger partial charge in [-0.2, -0.15) is 0 Å². The van der Waals surface area contributed by atoms with Crippen molar-refractivity contribution in [2.45, 2.75) is 26.9 Å². The van der Waals surface area contributed by atoms with Crippen LogP contribution in [0.3, 0.4) is 0 Å². The van der Waals surface area contributed by atoms with Crippen molar-refractivity contribution in [1.29, 1.82) is 0 Å². The van der Waals surface area contributed by atoms with Crippen LogP contribution < -0.4 is 19.7 Å². The molecule has 2 aromatic rings. The third-order valence-electron chi connectivity index (χ3n) is 3.85. The SMILES string of the molecule is CCOc1ccccc1NC(=O)N1C[C@@H](C)Oc2ccc(C)cc21. The monoisotopic (exact) mass is 326 g/mol. The fourth-order valence-corrected chi connectivity index (χ4v) is 2.77. The number of nitrogens with one attached hydrogen (secondary N) is 1. The van der Waals surface area contributed by atoms with Crippen molar-refractivity contribution in [3.05, 3.63) is 48.0 Å². The number of rotatable bonds is 3. The normalized spacial score (nSPS) is 16.1. The molecular weight excluding hydrogens is 304 g/mol. The molecule has 3 rings (SSSR count). The van der Waals surface area contributed by atoms with Crippen molar-refractivity contribution in [2.24, 2.45) is 0 Å². The van der Waals surface area contributed by atoms with Gasteiger partial charge in [-0.25, -0.2) is 4.79 Å². The smallest absolute Gasteiger partial charge is 0.326 e. The Balaban J connectivity index is 1.87. The molecular formula is C19H22N2O3. The molecule has 0 saturated heterocycles. The number of nitrogens with zero attached hydrogens (tertiary/aromatic N) is 1. The van der Waals surface area contributed by atoms with E-state index in [-0.39, 0.29) is 12.1 Å². The molecule has 1 aliphatic rings. The third kappa shape index (κ3) is 3.30. The molecule has 126 valence electrons. The van der Waals surface area contributed by atoms with Crippen LogP contribution in [0, 0.1) is 6.92 Å². The van der Waals surface area contributed by atoms with Gasteiger partial charge in [0, 0.05) is 0 Å². The number of hydrogen-bond acceptors (Lipinski definition) is 3. The molecule has 1 heterocycles. The Labute approximate surface area is 142 Å². The van der Waals surface area contributed by atoms with E-state index in [2.05, 4.69) is 5.32 Å². The second kappa shape index (κ2) is 6.83. The molecule has 2 aromatic carbocycles. The van der Waals surface area contributed by atoms with Gasteiger partial charge in [-0.05, 0) is 50.6 Å². The first-order valence-electron chi connectivity index (χ1n) is 8.16. The van der Waals surface area contributed by atoms with Gasteiger partial charge in [0.05, 0.1) is 24.5 Å². The maximum atomic E-state index is 12.8. The van der Waals surface area contributed by atoms with E-state index in [9.17, 15) is 4.79 Å². The van der Waals surface area contributed by atoms with Crippen molar-refractivity contribution < 1.29 is 14.3 Å². The summed E-state index contributed by atoms with van der Waals surface area (Å²) in [5.41, 5.74) is 2.54. The molecule has 0 saturated carbocycles. The van der Waals surface area contributed by atoms with E-state index in [1.165, 1.54) is 0 Å². The van der Waals surface area contributed by atoms with Crippen LogP contribution in [0.5, 0.6) is 11.5 Å². The lowest BCUT2D eigenvalue weighted by Gasteiger charge is -2.33. The first kappa shape index (κ1) is 16.2. The molecule has 0 bridgehead atoms. The summed E-state index contributed by atoms with van der Waals surface area (Å²) in [6, 6.07) is 13.1. The number of anilines is 2. The highest BCUT2D eigenvalue weighted by molar-refractivity contribution is 6.03. The molecule has 0 aliphatic carbocycles. The second-order valence-corrected chi connectivity index (χ2v) is 5.87. The molecule has 1 aliphatic heterocycles. The third-order valence-corrected chi connectivity index (χ3v) is 3.85. The standard InChI is InChI=1S/C19H22N2O3/c1-4-23-17-8-6-5-7-15(17)20-19(22)21-12-14(3)24-18-10-9-13(2)11-16(18)21/h5-11,14H,4,12H2,1-3H3,(H,20,22)/t14-/m1/s1. The second-order valence-electron chi connectivity index (χ2n) is 5.87. The highest BCUT2D eigenvalue weighted by Crippen LogP contribution is 2.35. The number of urea groups is 1. The lowest BCUT2D eigenvalue weighted by molar-refractivity contribution is 0.208. The maximum Gasteiger partial charge on any atom is 0.326 e. The van der Waals surface area contributed by atoms with Gasteiger partial charge < -0.3 is 14.8 Å². The van der Waals surface area contributed by atoms with Crippen LogP contribution in [0.1, 0.15) is 19.4 Å². The Morgan fingerprint density at radius 2 is 2.12 bits per heavy atom. The highest BCUT2D eigenvalue weighted by Gasteiger charge is 2.28. The number of hydrogen-bond donors (Lipinski definition) is 1. The Hall–Kier alpha value is -2.69. The number of amides is 2. The van der Waals surface area contributed by atoms with E-state index in [4.69, 9.17) is 9.47 Å². The summed E-state index contributed by atoms with van der Waals surface area (Å²) >= 11 is 0. The van der Waals surface area contributed by atoms with E-state index in [1.807, 2.05) is 63.2 Å². The van der Waals surface area contributed by atoms with E-state index in [1.54, 1.807) is 4.90 Å². The van der Waals surface area contributed by atoms with E-state index < -0.39 is 0 Å². The average Bonchev–Trinajstić information content (AvgIpc) is 2.56. The summed E-state index contributed by atoms with van der Waals surface area (Å²) in [4.78, 5) is 14.6. The summed E-state index contributed by atoms with van der Waals surface area (Å²) in [6.45, 7) is 6.92. The topological polar surface area (TPSA) is 50.8 Å². The minimum atomic E-state index is -0.191. The van der Waals surface area contributed by atoms with Gasteiger partial charge in [-0.1, -0.05) is 18.2 Å². The molecule has 1 N–H and O–H groups in total. The fourth-order valence-electron chi connectivity index (χ4n) is 2.77. The molecule has 5 nitrogen and oxygen atoms in total. The summed E-state index contributed by atoms with van der Waals surface area (Å²) < 4.78 is 11.4. The summed E-state index contributed by atoms with van der Waals surface area (Å²) in [7, 11) is 0. The lowest BCUT2D eigenvalue weighted by Crippen LogP contribution is -2.44. The number of aryl methyl sites for hydroxylation is 1. The quantitative estimate of drug-likeness (QED) is 0.919. The van der Waals surface area contributed by atoms with Gasteiger partial charge in [0.15, 0.2) is 0 Å². The van der Waals surface area contributed by atoms with Gasteiger partial charge in [0.1, 0.15) is 17.6 Å². The number of carbonyl (C=O) groups excluding carboxylic acids is 1. The van der Waals surface area contributed by atoms with Crippen LogP contribution in [0.25, 0.3) is 0 Å². The minimum Gasteiger partial charge on any atom is -0.492 e. The minimum absolute atomic E-state index is 0.0620. The number of benzene rings is 2. The van der Waals surface area contributed by atoms with Gasteiger partial charge >= 0.3 is 6.03 Å². The molecule has 0 aromatic heterocycles. The number of para-hydroxylation sites is 2. The predicted octanol–water partition coefficient (Wildman–Crippen LogP) is 4.21. The number of ether oxygens (including phenoxy) is 2. The highest BCUT2D eigenvalue weighted by atomic mass is 16.5. The zero-order chi connectivity index (χ0) is 17.1. The summed E-state index contributed by atoms with van der Waals surface area (Å²) in [6.07, 6.45) is -0.0620. The predicted molar refractivity (Wildman–Crippen MR) is 95.2 cm³/mol. The van der Waals surface area contributed by atoms with Gasteiger partial charge in [-0.15, -0.1) is 0 Å². The molecule has 5 heteroatoms.